The van der Waals surface area contributed by atoms with Crippen LogP contribution < -0.4 is 9.62 Å². The molecule has 0 unspecified atom stereocenters. The van der Waals surface area contributed by atoms with Crippen molar-refractivity contribution in [2.75, 3.05) is 37.9 Å². The molecule has 0 atom stereocenters. The number of amides is 1. The van der Waals surface area contributed by atoms with Gasteiger partial charge in [-0.25, -0.2) is 8.42 Å². The number of nitrogens with zero attached hydrogens (tertiary/aromatic N) is 1. The molecule has 0 bridgehead atoms. The van der Waals surface area contributed by atoms with Gasteiger partial charge in [0.05, 0.1) is 18.4 Å². The van der Waals surface area contributed by atoms with Gasteiger partial charge < -0.3 is 10.1 Å². The molecule has 0 aliphatic heterocycles. The molecule has 0 aliphatic carbocycles. The van der Waals surface area contributed by atoms with Crippen LogP contribution in [0.4, 0.5) is 5.69 Å². The average Bonchev–Trinajstić information content (AvgIpc) is 2.43. The van der Waals surface area contributed by atoms with Gasteiger partial charge in [0.15, 0.2) is 0 Å². The molecule has 0 spiro atoms. The number of methoxy groups -OCH3 is 1. The summed E-state index contributed by atoms with van der Waals surface area (Å²) in [4.78, 5) is 11.7. The Bertz CT molecular complexity index is 555. The maximum absolute atomic E-state index is 11.7. The number of benzene rings is 1. The van der Waals surface area contributed by atoms with E-state index < -0.39 is 10.0 Å². The Morgan fingerprint density at radius 1 is 1.29 bits per heavy atom. The fourth-order valence-electron chi connectivity index (χ4n) is 1.71. The predicted molar refractivity (Wildman–Crippen MR) is 82.9 cm³/mol. The van der Waals surface area contributed by atoms with Crippen LogP contribution in [0.1, 0.15) is 12.0 Å². The van der Waals surface area contributed by atoms with Gasteiger partial charge in [0, 0.05) is 27.3 Å². The van der Waals surface area contributed by atoms with E-state index in [1.54, 1.807) is 31.4 Å². The summed E-state index contributed by atoms with van der Waals surface area (Å²) in [5.41, 5.74) is 1.41. The second-order valence-corrected chi connectivity index (χ2v) is 6.78. The molecule has 0 saturated heterocycles. The number of hydrogen-bond acceptors (Lipinski definition) is 4. The molecule has 6 nitrogen and oxygen atoms in total. The Morgan fingerprint density at radius 3 is 2.43 bits per heavy atom. The minimum absolute atomic E-state index is 0.0599. The van der Waals surface area contributed by atoms with Gasteiger partial charge in [-0.1, -0.05) is 12.1 Å². The standard InChI is InChI=1S/C14H22N2O4S/c1-16(21(3,18)19)13-7-5-12(6-8-13)11-14(17)15-9-4-10-20-2/h5-8H,4,9-11H2,1-3H3,(H,15,17). The first-order valence-corrected chi connectivity index (χ1v) is 8.48. The minimum Gasteiger partial charge on any atom is -0.385 e. The molecule has 118 valence electrons. The molecule has 21 heavy (non-hydrogen) atoms. The van der Waals surface area contributed by atoms with Crippen molar-refractivity contribution >= 4 is 21.6 Å². The van der Waals surface area contributed by atoms with Crippen LogP contribution in [0.5, 0.6) is 0 Å². The van der Waals surface area contributed by atoms with Gasteiger partial charge in [0.25, 0.3) is 0 Å². The summed E-state index contributed by atoms with van der Waals surface area (Å²) in [6, 6.07) is 6.89. The first-order valence-electron chi connectivity index (χ1n) is 6.63. The topological polar surface area (TPSA) is 75.7 Å². The van der Waals surface area contributed by atoms with Crippen molar-refractivity contribution in [2.45, 2.75) is 12.8 Å². The highest BCUT2D eigenvalue weighted by Gasteiger charge is 2.11. The van der Waals surface area contributed by atoms with Gasteiger partial charge in [-0.3, -0.25) is 9.10 Å². The molecule has 1 N–H and O–H groups in total. The van der Waals surface area contributed by atoms with Crippen molar-refractivity contribution in [1.29, 1.82) is 0 Å². The van der Waals surface area contributed by atoms with E-state index in [9.17, 15) is 13.2 Å². The third-order valence-corrected chi connectivity index (χ3v) is 4.22. The molecule has 0 radical (unpaired) electrons. The van der Waals surface area contributed by atoms with Crippen LogP contribution in [-0.4, -0.2) is 47.9 Å². The maximum atomic E-state index is 11.7. The molecule has 0 heterocycles. The highest BCUT2D eigenvalue weighted by molar-refractivity contribution is 7.92. The lowest BCUT2D eigenvalue weighted by Crippen LogP contribution is -2.27. The van der Waals surface area contributed by atoms with Gasteiger partial charge in [-0.05, 0) is 24.1 Å². The van der Waals surface area contributed by atoms with Crippen molar-refractivity contribution in [3.05, 3.63) is 29.8 Å². The monoisotopic (exact) mass is 314 g/mol. The molecule has 0 aromatic heterocycles. The number of anilines is 1. The predicted octanol–water partition coefficient (Wildman–Crippen LogP) is 0.778. The third kappa shape index (κ3) is 6.14. The van der Waals surface area contributed by atoms with Crippen molar-refractivity contribution in [3.63, 3.8) is 0 Å². The van der Waals surface area contributed by atoms with Crippen LogP contribution in [0, 0.1) is 0 Å². The number of rotatable bonds is 8. The van der Waals surface area contributed by atoms with Crippen LogP contribution in [-0.2, 0) is 26.0 Å². The summed E-state index contributed by atoms with van der Waals surface area (Å²) in [7, 11) is -0.152. The molecular formula is C14H22N2O4S. The third-order valence-electron chi connectivity index (χ3n) is 3.01. The zero-order valence-corrected chi connectivity index (χ0v) is 13.4. The number of hydrogen-bond donors (Lipinski definition) is 1. The van der Waals surface area contributed by atoms with Crippen molar-refractivity contribution in [2.24, 2.45) is 0 Å². The van der Waals surface area contributed by atoms with E-state index in [2.05, 4.69) is 5.32 Å². The van der Waals surface area contributed by atoms with Crippen molar-refractivity contribution in [3.8, 4) is 0 Å². The van der Waals surface area contributed by atoms with E-state index in [0.717, 1.165) is 18.2 Å². The van der Waals surface area contributed by atoms with E-state index in [1.165, 1.54) is 11.4 Å². The van der Waals surface area contributed by atoms with Crippen LogP contribution >= 0.6 is 0 Å². The fraction of sp³-hybridized carbons (Fsp3) is 0.500. The zero-order valence-electron chi connectivity index (χ0n) is 12.6. The number of nitrogens with one attached hydrogen (secondary N) is 1. The van der Waals surface area contributed by atoms with E-state index in [4.69, 9.17) is 4.74 Å². The maximum Gasteiger partial charge on any atom is 0.231 e. The SMILES string of the molecule is COCCCNC(=O)Cc1ccc(N(C)S(C)(=O)=O)cc1. The lowest BCUT2D eigenvalue weighted by Gasteiger charge is -2.16. The van der Waals surface area contributed by atoms with Crippen LogP contribution in [0.15, 0.2) is 24.3 Å². The quantitative estimate of drug-likeness (QED) is 0.719. The van der Waals surface area contributed by atoms with Gasteiger partial charge in [0.1, 0.15) is 0 Å². The van der Waals surface area contributed by atoms with E-state index in [1.807, 2.05) is 0 Å². The van der Waals surface area contributed by atoms with Crippen molar-refractivity contribution < 1.29 is 17.9 Å². The Labute approximate surface area is 126 Å². The second-order valence-electron chi connectivity index (χ2n) is 4.77. The minimum atomic E-state index is -3.27. The summed E-state index contributed by atoms with van der Waals surface area (Å²) in [6.45, 7) is 1.20. The molecule has 1 rings (SSSR count). The molecule has 7 heteroatoms. The Kier molecular flexibility index (Phi) is 6.64. The second kappa shape index (κ2) is 7.99. The van der Waals surface area contributed by atoms with Gasteiger partial charge in [-0.15, -0.1) is 0 Å². The van der Waals surface area contributed by atoms with Crippen molar-refractivity contribution in [1.82, 2.24) is 5.32 Å². The van der Waals surface area contributed by atoms with Crippen LogP contribution in [0.25, 0.3) is 0 Å². The highest BCUT2D eigenvalue weighted by atomic mass is 32.2. The molecular weight excluding hydrogens is 292 g/mol. The Hall–Kier alpha value is -1.60. The molecule has 1 aromatic carbocycles. The summed E-state index contributed by atoms with van der Waals surface area (Å²) >= 11 is 0. The fourth-order valence-corrected chi connectivity index (χ4v) is 2.21. The largest absolute Gasteiger partial charge is 0.385 e. The molecule has 0 saturated carbocycles. The van der Waals surface area contributed by atoms with E-state index in [0.29, 0.717) is 18.8 Å². The normalized spacial score (nSPS) is 11.2. The summed E-state index contributed by atoms with van der Waals surface area (Å²) in [6.07, 6.45) is 2.20. The zero-order chi connectivity index (χ0) is 15.9. The van der Waals surface area contributed by atoms with Gasteiger partial charge in [0.2, 0.25) is 15.9 Å². The lowest BCUT2D eigenvalue weighted by molar-refractivity contribution is -0.120. The smallest absolute Gasteiger partial charge is 0.231 e. The number of carbonyl (C=O) groups excluding carboxylic acids is 1. The van der Waals surface area contributed by atoms with E-state index >= 15 is 0 Å². The Balaban J connectivity index is 2.53. The number of sulfonamides is 1. The number of carbonyl (C=O) groups is 1. The first-order chi connectivity index (χ1) is 9.84. The van der Waals surface area contributed by atoms with Crippen LogP contribution in [0.2, 0.25) is 0 Å². The Morgan fingerprint density at radius 2 is 1.90 bits per heavy atom. The molecule has 0 aliphatic rings. The van der Waals surface area contributed by atoms with Gasteiger partial charge in [-0.2, -0.15) is 0 Å². The molecule has 0 fully saturated rings. The lowest BCUT2D eigenvalue weighted by atomic mass is 10.1. The first kappa shape index (κ1) is 17.5. The molecule has 1 amide bonds. The number of ether oxygens (including phenoxy) is 1. The highest BCUT2D eigenvalue weighted by Crippen LogP contribution is 2.16. The molecule has 1 aromatic rings. The van der Waals surface area contributed by atoms with Gasteiger partial charge >= 0.3 is 0 Å². The summed E-state index contributed by atoms with van der Waals surface area (Å²) in [5, 5.41) is 2.80. The summed E-state index contributed by atoms with van der Waals surface area (Å²) < 4.78 is 28.9. The van der Waals surface area contributed by atoms with E-state index in [-0.39, 0.29) is 12.3 Å². The summed E-state index contributed by atoms with van der Waals surface area (Å²) in [5.74, 6) is -0.0599. The average molecular weight is 314 g/mol. The van der Waals surface area contributed by atoms with Crippen LogP contribution in [0.3, 0.4) is 0 Å².